The third-order valence-electron chi connectivity index (χ3n) is 4.51. The van der Waals surface area contributed by atoms with Gasteiger partial charge in [0.15, 0.2) is 0 Å². The van der Waals surface area contributed by atoms with Gasteiger partial charge >= 0.3 is 0 Å². The molecule has 0 unspecified atom stereocenters. The fourth-order valence-electron chi connectivity index (χ4n) is 3.05. The lowest BCUT2D eigenvalue weighted by atomic mass is 10.2. The third kappa shape index (κ3) is 4.34. The van der Waals surface area contributed by atoms with Crippen molar-refractivity contribution in [1.29, 1.82) is 0 Å². The van der Waals surface area contributed by atoms with Crippen LogP contribution in [0, 0.1) is 0 Å². The van der Waals surface area contributed by atoms with Gasteiger partial charge in [-0.25, -0.2) is 9.97 Å². The molecule has 2 heterocycles. The lowest BCUT2D eigenvalue weighted by Crippen LogP contribution is -2.25. The monoisotopic (exact) mass is 395 g/mol. The van der Waals surface area contributed by atoms with Crippen LogP contribution < -0.4 is 0 Å². The highest BCUT2D eigenvalue weighted by Gasteiger charge is 2.12. The number of unbranched alkanes of at least 4 members (excludes halogenated alkanes) is 1. The number of para-hydroxylation sites is 2. The summed E-state index contributed by atoms with van der Waals surface area (Å²) in [6.45, 7) is 0.579. The largest absolute Gasteiger partial charge is 0.339 e. The minimum Gasteiger partial charge on any atom is -0.339 e. The van der Waals surface area contributed by atoms with E-state index in [1.807, 2.05) is 37.4 Å². The highest BCUT2D eigenvalue weighted by molar-refractivity contribution is 7.18. The molecule has 6 heteroatoms. The summed E-state index contributed by atoms with van der Waals surface area (Å²) in [6, 6.07) is 16.3. The number of carbonyl (C=O) groups is 1. The molecular formula is C21H21N3OS2. The number of aromatic nitrogens is 2. The number of hydrogen-bond donors (Lipinski definition) is 0. The average Bonchev–Trinajstić information content (AvgIpc) is 3.27. The van der Waals surface area contributed by atoms with E-state index in [0.717, 1.165) is 40.3 Å². The number of rotatable bonds is 7. The van der Waals surface area contributed by atoms with E-state index >= 15 is 0 Å². The van der Waals surface area contributed by atoms with Gasteiger partial charge in [0.2, 0.25) is 5.91 Å². The van der Waals surface area contributed by atoms with Crippen LogP contribution in [0.4, 0.5) is 0 Å². The van der Waals surface area contributed by atoms with E-state index < -0.39 is 0 Å². The van der Waals surface area contributed by atoms with Crippen LogP contribution in [0.5, 0.6) is 0 Å². The maximum Gasteiger partial charge on any atom is 0.222 e. The van der Waals surface area contributed by atoms with Gasteiger partial charge < -0.3 is 4.90 Å². The van der Waals surface area contributed by atoms with Crippen LogP contribution in [-0.4, -0.2) is 27.8 Å². The van der Waals surface area contributed by atoms with E-state index in [1.165, 1.54) is 9.40 Å². The van der Waals surface area contributed by atoms with Crippen molar-refractivity contribution in [1.82, 2.24) is 14.9 Å². The quantitative estimate of drug-likeness (QED) is 0.400. The molecule has 2 aromatic heterocycles. The molecule has 0 aliphatic carbocycles. The molecule has 0 saturated carbocycles. The molecule has 0 aliphatic heterocycles. The van der Waals surface area contributed by atoms with Crippen molar-refractivity contribution in [3.05, 3.63) is 58.5 Å². The van der Waals surface area contributed by atoms with Crippen molar-refractivity contribution < 1.29 is 4.79 Å². The van der Waals surface area contributed by atoms with Crippen molar-refractivity contribution in [2.24, 2.45) is 0 Å². The first-order valence-electron chi connectivity index (χ1n) is 9.12. The summed E-state index contributed by atoms with van der Waals surface area (Å²) in [5.41, 5.74) is 2.08. The zero-order chi connectivity index (χ0) is 18.6. The van der Waals surface area contributed by atoms with Gasteiger partial charge in [-0.2, -0.15) is 0 Å². The lowest BCUT2D eigenvalue weighted by Gasteiger charge is -2.15. The molecule has 0 radical (unpaired) electrons. The van der Waals surface area contributed by atoms with Gasteiger partial charge in [-0.15, -0.1) is 22.7 Å². The Kier molecular flexibility index (Phi) is 5.45. The first kappa shape index (κ1) is 18.1. The standard InChI is InChI=1S/C21H21N3OS2/c1-24(14-20-23-16-9-3-5-11-18(16)27-20)21(25)13-7-6-12-19-22-15-8-2-4-10-17(15)26-19/h2-5,8-11H,6-7,12-14H2,1H3. The van der Waals surface area contributed by atoms with Gasteiger partial charge in [0.05, 0.1) is 32.0 Å². The molecular weight excluding hydrogens is 374 g/mol. The van der Waals surface area contributed by atoms with Crippen molar-refractivity contribution in [2.45, 2.75) is 32.2 Å². The molecule has 4 aromatic rings. The fraction of sp³-hybridized carbons (Fsp3) is 0.286. The molecule has 138 valence electrons. The van der Waals surface area contributed by atoms with Crippen LogP contribution in [0.25, 0.3) is 20.4 Å². The Morgan fingerprint density at radius 2 is 1.48 bits per heavy atom. The summed E-state index contributed by atoms with van der Waals surface area (Å²) in [5, 5.41) is 2.15. The fourth-order valence-corrected chi connectivity index (χ4v) is 5.08. The van der Waals surface area contributed by atoms with Crippen LogP contribution in [0.3, 0.4) is 0 Å². The molecule has 1 amide bonds. The molecule has 27 heavy (non-hydrogen) atoms. The molecule has 2 aromatic carbocycles. The molecule has 0 fully saturated rings. The zero-order valence-electron chi connectivity index (χ0n) is 15.2. The summed E-state index contributed by atoms with van der Waals surface area (Å²) < 4.78 is 2.41. The minimum absolute atomic E-state index is 0.179. The van der Waals surface area contributed by atoms with Crippen LogP contribution in [0.15, 0.2) is 48.5 Å². The number of amides is 1. The summed E-state index contributed by atoms with van der Waals surface area (Å²) >= 11 is 3.41. The number of fused-ring (bicyclic) bond motifs is 2. The van der Waals surface area contributed by atoms with Crippen molar-refractivity contribution in [3.63, 3.8) is 0 Å². The molecule has 0 saturated heterocycles. The van der Waals surface area contributed by atoms with E-state index in [9.17, 15) is 4.79 Å². The summed E-state index contributed by atoms with van der Waals surface area (Å²) in [7, 11) is 1.86. The predicted octanol–water partition coefficient (Wildman–Crippen LogP) is 5.28. The number of benzene rings is 2. The minimum atomic E-state index is 0.179. The maximum absolute atomic E-state index is 12.4. The van der Waals surface area contributed by atoms with Gasteiger partial charge in [-0.05, 0) is 43.5 Å². The second-order valence-electron chi connectivity index (χ2n) is 6.61. The number of hydrogen-bond acceptors (Lipinski definition) is 5. The third-order valence-corrected chi connectivity index (χ3v) is 6.62. The lowest BCUT2D eigenvalue weighted by molar-refractivity contribution is -0.130. The SMILES string of the molecule is CN(Cc1nc2ccccc2s1)C(=O)CCCCc1nc2ccccc2s1. The van der Waals surface area contributed by atoms with Gasteiger partial charge in [0.1, 0.15) is 5.01 Å². The molecule has 4 nitrogen and oxygen atoms in total. The van der Waals surface area contributed by atoms with E-state index in [0.29, 0.717) is 13.0 Å². The molecule has 0 aliphatic rings. The highest BCUT2D eigenvalue weighted by Crippen LogP contribution is 2.24. The molecule has 4 rings (SSSR count). The molecule has 0 N–H and O–H groups in total. The Morgan fingerprint density at radius 3 is 2.15 bits per heavy atom. The van der Waals surface area contributed by atoms with Gasteiger partial charge in [-0.1, -0.05) is 24.3 Å². The van der Waals surface area contributed by atoms with Gasteiger partial charge in [0.25, 0.3) is 0 Å². The van der Waals surface area contributed by atoms with Crippen molar-refractivity contribution in [3.8, 4) is 0 Å². The summed E-state index contributed by atoms with van der Waals surface area (Å²) in [4.78, 5) is 23.5. The smallest absolute Gasteiger partial charge is 0.222 e. The summed E-state index contributed by atoms with van der Waals surface area (Å²) in [5.74, 6) is 0.179. The Morgan fingerprint density at radius 1 is 0.889 bits per heavy atom. The van der Waals surface area contributed by atoms with E-state index in [4.69, 9.17) is 0 Å². The molecule has 0 atom stereocenters. The van der Waals surface area contributed by atoms with Crippen LogP contribution in [0.1, 0.15) is 29.3 Å². The normalized spacial score (nSPS) is 11.3. The summed E-state index contributed by atoms with van der Waals surface area (Å²) in [6.07, 6.45) is 3.39. The van der Waals surface area contributed by atoms with Crippen LogP contribution in [-0.2, 0) is 17.8 Å². The Labute approximate surface area is 166 Å². The molecule has 0 bridgehead atoms. The maximum atomic E-state index is 12.4. The predicted molar refractivity (Wildman–Crippen MR) is 113 cm³/mol. The first-order valence-corrected chi connectivity index (χ1v) is 10.8. The average molecular weight is 396 g/mol. The van der Waals surface area contributed by atoms with Crippen LogP contribution >= 0.6 is 22.7 Å². The number of carbonyl (C=O) groups excluding carboxylic acids is 1. The zero-order valence-corrected chi connectivity index (χ0v) is 16.9. The topological polar surface area (TPSA) is 46.1 Å². The van der Waals surface area contributed by atoms with Gasteiger partial charge in [-0.3, -0.25) is 4.79 Å². The van der Waals surface area contributed by atoms with E-state index in [-0.39, 0.29) is 5.91 Å². The second kappa shape index (κ2) is 8.15. The van der Waals surface area contributed by atoms with Gasteiger partial charge in [0, 0.05) is 13.5 Å². The number of aryl methyl sites for hydroxylation is 1. The van der Waals surface area contributed by atoms with Crippen molar-refractivity contribution in [2.75, 3.05) is 7.05 Å². The Bertz CT molecular complexity index is 1000. The second-order valence-corrected chi connectivity index (χ2v) is 8.84. The molecule has 0 spiro atoms. The van der Waals surface area contributed by atoms with E-state index in [2.05, 4.69) is 28.2 Å². The Hall–Kier alpha value is -2.31. The number of nitrogens with zero attached hydrogens (tertiary/aromatic N) is 3. The van der Waals surface area contributed by atoms with Crippen molar-refractivity contribution >= 4 is 49.0 Å². The highest BCUT2D eigenvalue weighted by atomic mass is 32.1. The first-order chi connectivity index (χ1) is 13.2. The Balaban J connectivity index is 1.24. The van der Waals surface area contributed by atoms with Crippen LogP contribution in [0.2, 0.25) is 0 Å². The number of thiazole rings is 2. The van der Waals surface area contributed by atoms with E-state index in [1.54, 1.807) is 27.6 Å².